The lowest BCUT2D eigenvalue weighted by Gasteiger charge is -2.13. The summed E-state index contributed by atoms with van der Waals surface area (Å²) in [6.45, 7) is 0.105. The van der Waals surface area contributed by atoms with E-state index in [1.54, 1.807) is 18.2 Å². The van der Waals surface area contributed by atoms with Gasteiger partial charge in [0.2, 0.25) is 5.88 Å². The van der Waals surface area contributed by atoms with Crippen LogP contribution in [-0.2, 0) is 12.7 Å². The first-order chi connectivity index (χ1) is 12.4. The molecule has 0 bridgehead atoms. The molecule has 3 rings (SSSR count). The smallest absolute Gasteiger partial charge is 0.419 e. The fraction of sp³-hybridized carbons (Fsp3) is 0.111. The summed E-state index contributed by atoms with van der Waals surface area (Å²) < 4.78 is 57.3. The van der Waals surface area contributed by atoms with Gasteiger partial charge in [-0.05, 0) is 29.8 Å². The van der Waals surface area contributed by atoms with Gasteiger partial charge in [0.25, 0.3) is 0 Å². The van der Waals surface area contributed by atoms with E-state index < -0.39 is 17.6 Å². The monoisotopic (exact) mass is 363 g/mol. The summed E-state index contributed by atoms with van der Waals surface area (Å²) >= 11 is 0. The maximum absolute atomic E-state index is 13.1. The van der Waals surface area contributed by atoms with Crippen LogP contribution in [0, 0.1) is 5.82 Å². The molecule has 0 aliphatic heterocycles. The first-order valence-corrected chi connectivity index (χ1v) is 7.56. The number of anilines is 1. The molecule has 0 saturated carbocycles. The molecular formula is C18H13F4N3O. The van der Waals surface area contributed by atoms with Crippen molar-refractivity contribution in [3.05, 3.63) is 77.9 Å². The van der Waals surface area contributed by atoms with Crippen LogP contribution in [0.15, 0.2) is 60.9 Å². The summed E-state index contributed by atoms with van der Waals surface area (Å²) in [5, 5.41) is 2.65. The van der Waals surface area contributed by atoms with E-state index in [4.69, 9.17) is 4.74 Å². The quantitative estimate of drug-likeness (QED) is 0.645. The topological polar surface area (TPSA) is 47.0 Å². The van der Waals surface area contributed by atoms with Gasteiger partial charge in [-0.1, -0.05) is 12.1 Å². The summed E-state index contributed by atoms with van der Waals surface area (Å²) in [7, 11) is 0. The zero-order valence-corrected chi connectivity index (χ0v) is 13.3. The molecule has 8 heteroatoms. The van der Waals surface area contributed by atoms with Gasteiger partial charge >= 0.3 is 6.18 Å². The fourth-order valence-electron chi connectivity index (χ4n) is 2.19. The molecule has 1 N–H and O–H groups in total. The minimum atomic E-state index is -4.49. The molecule has 0 unspecified atom stereocenters. The zero-order chi connectivity index (χ0) is 18.6. The van der Waals surface area contributed by atoms with E-state index in [2.05, 4.69) is 15.3 Å². The highest BCUT2D eigenvalue weighted by molar-refractivity contribution is 5.46. The van der Waals surface area contributed by atoms with E-state index in [1.807, 2.05) is 0 Å². The summed E-state index contributed by atoms with van der Waals surface area (Å²) in [4.78, 5) is 7.79. The van der Waals surface area contributed by atoms with Gasteiger partial charge in [0, 0.05) is 31.1 Å². The Kier molecular flexibility index (Phi) is 5.01. The molecule has 3 aromatic rings. The molecule has 26 heavy (non-hydrogen) atoms. The Labute approximate surface area is 146 Å². The molecule has 0 amide bonds. The Bertz CT molecular complexity index is 882. The number of halogens is 4. The van der Waals surface area contributed by atoms with Crippen molar-refractivity contribution in [1.29, 1.82) is 0 Å². The molecule has 2 aromatic heterocycles. The predicted octanol–water partition coefficient (Wildman–Crippen LogP) is 5.04. The summed E-state index contributed by atoms with van der Waals surface area (Å²) in [5.41, 5.74) is -0.200. The van der Waals surface area contributed by atoms with E-state index in [0.717, 1.165) is 6.07 Å². The maximum atomic E-state index is 13.1. The predicted molar refractivity (Wildman–Crippen MR) is 87.3 cm³/mol. The van der Waals surface area contributed by atoms with Crippen molar-refractivity contribution in [1.82, 2.24) is 9.97 Å². The molecule has 0 saturated heterocycles. The molecule has 0 aliphatic carbocycles. The molecule has 0 spiro atoms. The first kappa shape index (κ1) is 17.7. The number of hydrogen-bond acceptors (Lipinski definition) is 4. The minimum absolute atomic E-state index is 0.105. The number of ether oxygens (including phenoxy) is 1. The third-order valence-corrected chi connectivity index (χ3v) is 3.39. The van der Waals surface area contributed by atoms with Gasteiger partial charge in [-0.25, -0.2) is 14.4 Å². The normalized spacial score (nSPS) is 11.2. The molecule has 0 radical (unpaired) electrons. The molecule has 0 aliphatic rings. The third-order valence-electron chi connectivity index (χ3n) is 3.39. The van der Waals surface area contributed by atoms with Crippen LogP contribution in [0.2, 0.25) is 0 Å². The van der Waals surface area contributed by atoms with E-state index in [-0.39, 0.29) is 18.2 Å². The number of hydrogen-bond donors (Lipinski definition) is 1. The lowest BCUT2D eigenvalue weighted by atomic mass is 10.2. The van der Waals surface area contributed by atoms with Crippen molar-refractivity contribution in [3.8, 4) is 11.6 Å². The molecule has 0 atom stereocenters. The van der Waals surface area contributed by atoms with Gasteiger partial charge in [0.1, 0.15) is 17.4 Å². The van der Waals surface area contributed by atoms with Crippen LogP contribution in [-0.4, -0.2) is 9.97 Å². The van der Waals surface area contributed by atoms with E-state index in [1.165, 1.54) is 36.7 Å². The summed E-state index contributed by atoms with van der Waals surface area (Å²) in [6.07, 6.45) is -1.75. The van der Waals surface area contributed by atoms with Crippen LogP contribution in [0.1, 0.15) is 11.1 Å². The van der Waals surface area contributed by atoms with Crippen LogP contribution >= 0.6 is 0 Å². The highest BCUT2D eigenvalue weighted by atomic mass is 19.4. The van der Waals surface area contributed by atoms with Crippen molar-refractivity contribution in [2.45, 2.75) is 12.7 Å². The second-order valence-electron chi connectivity index (χ2n) is 5.32. The van der Waals surface area contributed by atoms with Crippen LogP contribution in [0.4, 0.5) is 23.4 Å². The molecule has 1 aromatic carbocycles. The maximum Gasteiger partial charge on any atom is 0.419 e. The van der Waals surface area contributed by atoms with Gasteiger partial charge in [-0.3, -0.25) is 0 Å². The summed E-state index contributed by atoms with van der Waals surface area (Å²) in [6, 6.07) is 11.0. The Balaban J connectivity index is 1.65. The lowest BCUT2D eigenvalue weighted by molar-refractivity contribution is -0.137. The van der Waals surface area contributed by atoms with Crippen molar-refractivity contribution in [2.75, 3.05) is 5.32 Å². The SMILES string of the molecule is Fc1cccc(Oc2ccc(CNc3ncccc3C(F)(F)F)cn2)c1. The van der Waals surface area contributed by atoms with Gasteiger partial charge < -0.3 is 10.1 Å². The van der Waals surface area contributed by atoms with Crippen molar-refractivity contribution >= 4 is 5.82 Å². The largest absolute Gasteiger partial charge is 0.439 e. The van der Waals surface area contributed by atoms with Crippen molar-refractivity contribution < 1.29 is 22.3 Å². The highest BCUT2D eigenvalue weighted by Gasteiger charge is 2.33. The zero-order valence-electron chi connectivity index (χ0n) is 13.3. The fourth-order valence-corrected chi connectivity index (χ4v) is 2.19. The minimum Gasteiger partial charge on any atom is -0.439 e. The van der Waals surface area contributed by atoms with E-state index >= 15 is 0 Å². The van der Waals surface area contributed by atoms with Crippen molar-refractivity contribution in [2.24, 2.45) is 0 Å². The third kappa shape index (κ3) is 4.47. The number of nitrogens with one attached hydrogen (secondary N) is 1. The van der Waals surface area contributed by atoms with Crippen LogP contribution in [0.5, 0.6) is 11.6 Å². The second-order valence-corrected chi connectivity index (χ2v) is 5.32. The van der Waals surface area contributed by atoms with Gasteiger partial charge in [0.05, 0.1) is 5.56 Å². The first-order valence-electron chi connectivity index (χ1n) is 7.56. The summed E-state index contributed by atoms with van der Waals surface area (Å²) in [5.74, 6) is -0.140. The number of rotatable bonds is 5. The molecule has 4 nitrogen and oxygen atoms in total. The Morgan fingerprint density at radius 2 is 1.85 bits per heavy atom. The van der Waals surface area contributed by atoms with Gasteiger partial charge in [0.15, 0.2) is 0 Å². The number of benzene rings is 1. The Morgan fingerprint density at radius 1 is 1.00 bits per heavy atom. The van der Waals surface area contributed by atoms with E-state index in [0.29, 0.717) is 11.3 Å². The standard InChI is InChI=1S/C18H13F4N3O/c19-13-3-1-4-14(9-13)26-16-7-6-12(10-24-16)11-25-17-15(18(20,21)22)5-2-8-23-17/h1-10H,11H2,(H,23,25). The van der Waals surface area contributed by atoms with Crippen LogP contribution < -0.4 is 10.1 Å². The lowest BCUT2D eigenvalue weighted by Crippen LogP contribution is -2.12. The molecule has 134 valence electrons. The Morgan fingerprint density at radius 3 is 2.54 bits per heavy atom. The second kappa shape index (κ2) is 7.38. The number of nitrogens with zero attached hydrogens (tertiary/aromatic N) is 2. The van der Waals surface area contributed by atoms with E-state index in [9.17, 15) is 17.6 Å². The molecule has 0 fully saturated rings. The Hall–Kier alpha value is -3.16. The molecule has 2 heterocycles. The van der Waals surface area contributed by atoms with Crippen molar-refractivity contribution in [3.63, 3.8) is 0 Å². The number of alkyl halides is 3. The number of aromatic nitrogens is 2. The van der Waals surface area contributed by atoms with Gasteiger partial charge in [-0.15, -0.1) is 0 Å². The van der Waals surface area contributed by atoms with Crippen LogP contribution in [0.3, 0.4) is 0 Å². The van der Waals surface area contributed by atoms with Gasteiger partial charge in [-0.2, -0.15) is 13.2 Å². The number of pyridine rings is 2. The molecular weight excluding hydrogens is 350 g/mol. The highest BCUT2D eigenvalue weighted by Crippen LogP contribution is 2.33. The average molecular weight is 363 g/mol. The van der Waals surface area contributed by atoms with Crippen LogP contribution in [0.25, 0.3) is 0 Å². The average Bonchev–Trinajstić information content (AvgIpc) is 2.61.